The van der Waals surface area contributed by atoms with E-state index in [0.29, 0.717) is 11.8 Å². The molecule has 14 heavy (non-hydrogen) atoms. The molecule has 2 aliphatic carbocycles. The molecule has 82 valence electrons. The lowest BCUT2D eigenvalue weighted by Gasteiger charge is -2.54. The molecular weight excluding hydrogens is 174 g/mol. The molecule has 0 aliphatic heterocycles. The SMILES string of the molecule is CC1CC(C)CC(N)(C2(O)CCC2)C1. The first-order valence-electron chi connectivity index (χ1n) is 5.96. The average Bonchev–Trinajstić information content (AvgIpc) is 1.97. The van der Waals surface area contributed by atoms with Crippen LogP contribution in [0.15, 0.2) is 0 Å². The molecule has 2 unspecified atom stereocenters. The zero-order chi connectivity index (χ0) is 10.4. The predicted molar refractivity (Wildman–Crippen MR) is 57.9 cm³/mol. The highest BCUT2D eigenvalue weighted by molar-refractivity contribution is 5.10. The topological polar surface area (TPSA) is 46.2 Å². The van der Waals surface area contributed by atoms with Crippen LogP contribution < -0.4 is 5.73 Å². The van der Waals surface area contributed by atoms with Crippen molar-refractivity contribution < 1.29 is 5.11 Å². The summed E-state index contributed by atoms with van der Waals surface area (Å²) in [6.45, 7) is 4.53. The standard InChI is InChI=1S/C12H23NO/c1-9-6-10(2)8-11(13,7-9)12(14)4-3-5-12/h9-10,14H,3-8,13H2,1-2H3. The number of hydrogen-bond donors (Lipinski definition) is 2. The van der Waals surface area contributed by atoms with Gasteiger partial charge in [0.25, 0.3) is 0 Å². The fourth-order valence-electron chi connectivity index (χ4n) is 3.57. The Balaban J connectivity index is 2.13. The third-order valence-corrected chi connectivity index (χ3v) is 4.34. The smallest absolute Gasteiger partial charge is 0.0826 e. The lowest BCUT2D eigenvalue weighted by atomic mass is 9.58. The molecule has 3 N–H and O–H groups in total. The van der Waals surface area contributed by atoms with Crippen LogP contribution in [-0.4, -0.2) is 16.2 Å². The van der Waals surface area contributed by atoms with Crippen LogP contribution in [0.1, 0.15) is 52.4 Å². The lowest BCUT2D eigenvalue weighted by Crippen LogP contribution is -2.66. The van der Waals surface area contributed by atoms with Gasteiger partial charge in [-0.3, -0.25) is 0 Å². The average molecular weight is 197 g/mol. The molecule has 2 aliphatic rings. The van der Waals surface area contributed by atoms with Crippen molar-refractivity contribution in [2.24, 2.45) is 17.6 Å². The van der Waals surface area contributed by atoms with Crippen LogP contribution in [0.4, 0.5) is 0 Å². The van der Waals surface area contributed by atoms with Crippen molar-refractivity contribution in [3.8, 4) is 0 Å². The summed E-state index contributed by atoms with van der Waals surface area (Å²) in [6.07, 6.45) is 6.28. The predicted octanol–water partition coefficient (Wildman–Crippen LogP) is 2.05. The monoisotopic (exact) mass is 197 g/mol. The van der Waals surface area contributed by atoms with Gasteiger partial charge in [-0.05, 0) is 50.4 Å². The summed E-state index contributed by atoms with van der Waals surface area (Å²) in [5.41, 5.74) is 5.61. The molecule has 0 spiro atoms. The first-order valence-corrected chi connectivity index (χ1v) is 5.96. The highest BCUT2D eigenvalue weighted by atomic mass is 16.3. The Morgan fingerprint density at radius 3 is 2.00 bits per heavy atom. The summed E-state index contributed by atoms with van der Waals surface area (Å²) >= 11 is 0. The second-order valence-corrected chi connectivity index (χ2v) is 5.90. The van der Waals surface area contributed by atoms with E-state index in [9.17, 15) is 5.11 Å². The van der Waals surface area contributed by atoms with E-state index in [-0.39, 0.29) is 5.54 Å². The maximum atomic E-state index is 10.4. The van der Waals surface area contributed by atoms with Gasteiger partial charge in [-0.15, -0.1) is 0 Å². The third kappa shape index (κ3) is 1.49. The van der Waals surface area contributed by atoms with Gasteiger partial charge in [0.05, 0.1) is 5.60 Å². The molecule has 0 heterocycles. The van der Waals surface area contributed by atoms with Crippen LogP contribution in [0, 0.1) is 11.8 Å². The van der Waals surface area contributed by atoms with Crippen LogP contribution in [0.3, 0.4) is 0 Å². The Labute approximate surface area is 86.9 Å². The van der Waals surface area contributed by atoms with E-state index >= 15 is 0 Å². The Bertz CT molecular complexity index is 212. The zero-order valence-electron chi connectivity index (χ0n) is 9.42. The number of rotatable bonds is 1. The summed E-state index contributed by atoms with van der Waals surface area (Å²) in [4.78, 5) is 0. The fourth-order valence-corrected chi connectivity index (χ4v) is 3.57. The molecule has 2 atom stereocenters. The fraction of sp³-hybridized carbons (Fsp3) is 1.00. The second kappa shape index (κ2) is 3.21. The summed E-state index contributed by atoms with van der Waals surface area (Å²) in [5.74, 6) is 1.35. The second-order valence-electron chi connectivity index (χ2n) is 5.90. The van der Waals surface area contributed by atoms with Crippen LogP contribution in [0.2, 0.25) is 0 Å². The number of hydrogen-bond acceptors (Lipinski definition) is 2. The molecule has 0 aromatic carbocycles. The quantitative estimate of drug-likeness (QED) is 0.676. The van der Waals surface area contributed by atoms with E-state index in [0.717, 1.165) is 32.1 Å². The van der Waals surface area contributed by atoms with E-state index < -0.39 is 5.60 Å². The number of nitrogens with two attached hydrogens (primary N) is 1. The van der Waals surface area contributed by atoms with Crippen LogP contribution in [-0.2, 0) is 0 Å². The molecule has 2 saturated carbocycles. The minimum absolute atomic E-state index is 0.289. The van der Waals surface area contributed by atoms with Gasteiger partial charge in [-0.25, -0.2) is 0 Å². The van der Waals surface area contributed by atoms with Crippen molar-refractivity contribution in [1.82, 2.24) is 0 Å². The maximum absolute atomic E-state index is 10.4. The first-order chi connectivity index (χ1) is 6.45. The molecular formula is C12H23NO. The van der Waals surface area contributed by atoms with Crippen LogP contribution in [0.5, 0.6) is 0 Å². The Hall–Kier alpha value is -0.0800. The van der Waals surface area contributed by atoms with E-state index in [2.05, 4.69) is 13.8 Å². The zero-order valence-corrected chi connectivity index (χ0v) is 9.42. The largest absolute Gasteiger partial charge is 0.388 e. The Morgan fingerprint density at radius 1 is 1.14 bits per heavy atom. The van der Waals surface area contributed by atoms with Gasteiger partial charge in [-0.1, -0.05) is 13.8 Å². The van der Waals surface area contributed by atoms with E-state index in [1.54, 1.807) is 0 Å². The minimum Gasteiger partial charge on any atom is -0.388 e. The summed E-state index contributed by atoms with van der Waals surface area (Å²) in [7, 11) is 0. The van der Waals surface area contributed by atoms with Crippen molar-refractivity contribution in [2.75, 3.05) is 0 Å². The van der Waals surface area contributed by atoms with Gasteiger partial charge in [0.2, 0.25) is 0 Å². The molecule has 0 amide bonds. The van der Waals surface area contributed by atoms with Gasteiger partial charge < -0.3 is 10.8 Å². The molecule has 0 radical (unpaired) electrons. The molecule has 2 rings (SSSR count). The normalized spacial score (nSPS) is 47.1. The van der Waals surface area contributed by atoms with Crippen LogP contribution >= 0.6 is 0 Å². The van der Waals surface area contributed by atoms with Gasteiger partial charge >= 0.3 is 0 Å². The van der Waals surface area contributed by atoms with Crippen molar-refractivity contribution >= 4 is 0 Å². The highest BCUT2D eigenvalue weighted by Crippen LogP contribution is 2.48. The van der Waals surface area contributed by atoms with Crippen LogP contribution in [0.25, 0.3) is 0 Å². The van der Waals surface area contributed by atoms with Gasteiger partial charge in [0.1, 0.15) is 0 Å². The molecule has 2 heteroatoms. The van der Waals surface area contributed by atoms with Gasteiger partial charge in [-0.2, -0.15) is 0 Å². The third-order valence-electron chi connectivity index (χ3n) is 4.34. The van der Waals surface area contributed by atoms with Gasteiger partial charge in [0, 0.05) is 5.54 Å². The molecule has 0 bridgehead atoms. The Morgan fingerprint density at radius 2 is 1.64 bits per heavy atom. The number of aliphatic hydroxyl groups is 1. The first kappa shape index (κ1) is 10.4. The van der Waals surface area contributed by atoms with Crippen molar-refractivity contribution in [1.29, 1.82) is 0 Å². The molecule has 2 fully saturated rings. The minimum atomic E-state index is -0.532. The Kier molecular flexibility index (Phi) is 2.39. The van der Waals surface area contributed by atoms with Crippen molar-refractivity contribution in [3.63, 3.8) is 0 Å². The molecule has 0 aromatic heterocycles. The summed E-state index contributed by atoms with van der Waals surface area (Å²) in [5, 5.41) is 10.4. The van der Waals surface area contributed by atoms with Crippen molar-refractivity contribution in [2.45, 2.75) is 63.5 Å². The molecule has 0 aromatic rings. The molecule has 2 nitrogen and oxygen atoms in total. The van der Waals surface area contributed by atoms with E-state index in [1.165, 1.54) is 6.42 Å². The molecule has 0 saturated heterocycles. The van der Waals surface area contributed by atoms with Crippen molar-refractivity contribution in [3.05, 3.63) is 0 Å². The summed E-state index contributed by atoms with van der Waals surface area (Å²) < 4.78 is 0. The van der Waals surface area contributed by atoms with E-state index in [4.69, 9.17) is 5.73 Å². The lowest BCUT2D eigenvalue weighted by molar-refractivity contribution is -0.120. The maximum Gasteiger partial charge on any atom is 0.0826 e. The summed E-state index contributed by atoms with van der Waals surface area (Å²) in [6, 6.07) is 0. The van der Waals surface area contributed by atoms with E-state index in [1.807, 2.05) is 0 Å². The van der Waals surface area contributed by atoms with Gasteiger partial charge in [0.15, 0.2) is 0 Å². The highest BCUT2D eigenvalue weighted by Gasteiger charge is 2.53.